The van der Waals surface area contributed by atoms with Crippen LogP contribution in [-0.2, 0) is 9.31 Å². The zero-order valence-corrected chi connectivity index (χ0v) is 18.8. The molecule has 0 atom stereocenters. The highest BCUT2D eigenvalue weighted by Crippen LogP contribution is 2.41. The Bertz CT molecular complexity index is 1120. The van der Waals surface area contributed by atoms with Gasteiger partial charge in [0.1, 0.15) is 0 Å². The summed E-state index contributed by atoms with van der Waals surface area (Å²) in [7, 11) is -0.406. The molecule has 2 aliphatic heterocycles. The zero-order chi connectivity index (χ0) is 21.8. The third kappa shape index (κ3) is 3.35. The van der Waals surface area contributed by atoms with Crippen molar-refractivity contribution in [3.63, 3.8) is 0 Å². The van der Waals surface area contributed by atoms with E-state index in [1.807, 2.05) is 6.07 Å². The highest BCUT2D eigenvalue weighted by Gasteiger charge is 2.52. The molecule has 2 N–H and O–H groups in total. The number of nitrogens with one attached hydrogen (secondary N) is 2. The van der Waals surface area contributed by atoms with Crippen LogP contribution in [-0.4, -0.2) is 25.3 Å². The molecular weight excluding hydrogens is 382 g/mol. The first kappa shape index (κ1) is 20.2. The number of benzene rings is 3. The second kappa shape index (κ2) is 7.18. The lowest BCUT2D eigenvalue weighted by Gasteiger charge is -2.32. The van der Waals surface area contributed by atoms with Crippen molar-refractivity contribution in [2.75, 3.05) is 10.5 Å². The maximum atomic E-state index is 6.41. The average Bonchev–Trinajstić information content (AvgIpc) is 2.96. The van der Waals surface area contributed by atoms with Gasteiger partial charge in [-0.25, -0.2) is 0 Å². The average molecular weight is 410 g/mol. The molecule has 2 aliphatic rings. The summed E-state index contributed by atoms with van der Waals surface area (Å²) in [6, 6.07) is 23.3. The Morgan fingerprint density at radius 2 is 1.29 bits per heavy atom. The van der Waals surface area contributed by atoms with E-state index < -0.39 is 7.12 Å². The molecule has 1 saturated heterocycles. The van der Waals surface area contributed by atoms with E-state index in [0.29, 0.717) is 0 Å². The molecule has 0 amide bonds. The Labute approximate surface area is 185 Å². The summed E-state index contributed by atoms with van der Waals surface area (Å²) in [6.07, 6.45) is 0. The lowest BCUT2D eigenvalue weighted by molar-refractivity contribution is 0.00578. The smallest absolute Gasteiger partial charge is 0.405 e. The minimum atomic E-state index is -0.406. The molecule has 3 aromatic rings. The largest absolute Gasteiger partial charge is 0.489 e. The molecule has 6 heteroatoms. The normalized spacial score (nSPS) is 19.6. The van der Waals surface area contributed by atoms with Crippen molar-refractivity contribution in [1.29, 1.82) is 0 Å². The van der Waals surface area contributed by atoms with Crippen LogP contribution < -0.4 is 10.5 Å². The summed E-state index contributed by atoms with van der Waals surface area (Å²) >= 11 is 0. The van der Waals surface area contributed by atoms with Crippen molar-refractivity contribution in [2.24, 2.45) is 0 Å². The van der Waals surface area contributed by atoms with Gasteiger partial charge in [0.05, 0.1) is 11.2 Å². The standard InChI is InChI=1S/C25H28B2N2O2/c1-17(27-30-24(2,3)25(4,5)31-27)23(19-11-7-6-8-12-19)26-28-20-15-9-13-18-14-10-16-21(29-26)22(18)20/h6-16,28-29H,1-5H3/b23-17-. The fourth-order valence-corrected chi connectivity index (χ4v) is 4.46. The topological polar surface area (TPSA) is 42.5 Å². The van der Waals surface area contributed by atoms with Crippen LogP contribution in [0.5, 0.6) is 0 Å². The van der Waals surface area contributed by atoms with Crippen LogP contribution >= 0.6 is 0 Å². The van der Waals surface area contributed by atoms with Crippen molar-refractivity contribution < 1.29 is 9.31 Å². The molecule has 2 heterocycles. The monoisotopic (exact) mass is 410 g/mol. The van der Waals surface area contributed by atoms with E-state index in [0.717, 1.165) is 27.9 Å². The van der Waals surface area contributed by atoms with Crippen molar-refractivity contribution in [3.8, 4) is 0 Å². The SMILES string of the molecule is C/C(B1OC(C)(C)C(C)(C)O1)=C(/B1Nc2cccc3cccc(c23)N1)c1ccccc1. The second-order valence-corrected chi connectivity index (χ2v) is 9.48. The Hall–Kier alpha value is -2.69. The summed E-state index contributed by atoms with van der Waals surface area (Å²) in [5.41, 5.74) is 4.86. The van der Waals surface area contributed by atoms with Gasteiger partial charge in [0.25, 0.3) is 0 Å². The van der Waals surface area contributed by atoms with Gasteiger partial charge in [0.15, 0.2) is 0 Å². The third-order valence-corrected chi connectivity index (χ3v) is 6.91. The molecule has 0 spiro atoms. The number of rotatable bonds is 3. The van der Waals surface area contributed by atoms with Gasteiger partial charge in [0.2, 0.25) is 0 Å². The number of hydrogen-bond acceptors (Lipinski definition) is 4. The van der Waals surface area contributed by atoms with Gasteiger partial charge in [-0.2, -0.15) is 0 Å². The fraction of sp³-hybridized carbons (Fsp3) is 0.280. The van der Waals surface area contributed by atoms with E-state index in [1.165, 1.54) is 10.8 Å². The van der Waals surface area contributed by atoms with Gasteiger partial charge in [-0.15, -0.1) is 0 Å². The summed E-state index contributed by atoms with van der Waals surface area (Å²) in [5, 5.41) is 9.90. The van der Waals surface area contributed by atoms with Crippen molar-refractivity contribution in [2.45, 2.75) is 45.8 Å². The van der Waals surface area contributed by atoms with Gasteiger partial charge in [0, 0.05) is 16.8 Å². The van der Waals surface area contributed by atoms with Crippen LogP contribution in [0.3, 0.4) is 0 Å². The van der Waals surface area contributed by atoms with Crippen LogP contribution in [0.25, 0.3) is 16.2 Å². The lowest BCUT2D eigenvalue weighted by Crippen LogP contribution is -2.41. The van der Waals surface area contributed by atoms with Gasteiger partial charge >= 0.3 is 14.1 Å². The van der Waals surface area contributed by atoms with Crippen LogP contribution in [0.2, 0.25) is 0 Å². The second-order valence-electron chi connectivity index (χ2n) is 9.48. The van der Waals surface area contributed by atoms with E-state index in [-0.39, 0.29) is 18.2 Å². The Morgan fingerprint density at radius 3 is 1.84 bits per heavy atom. The summed E-state index contributed by atoms with van der Waals surface area (Å²) in [4.78, 5) is 0. The lowest BCUT2D eigenvalue weighted by atomic mass is 9.56. The van der Waals surface area contributed by atoms with Gasteiger partial charge in [-0.3, -0.25) is 0 Å². The van der Waals surface area contributed by atoms with E-state index in [2.05, 4.69) is 106 Å². The quantitative estimate of drug-likeness (QED) is 0.535. The molecule has 0 aliphatic carbocycles. The number of anilines is 2. The first-order valence-electron chi connectivity index (χ1n) is 10.9. The molecule has 31 heavy (non-hydrogen) atoms. The van der Waals surface area contributed by atoms with E-state index >= 15 is 0 Å². The Balaban J connectivity index is 1.61. The van der Waals surface area contributed by atoms with E-state index in [1.54, 1.807) is 0 Å². The predicted molar refractivity (Wildman–Crippen MR) is 132 cm³/mol. The fourth-order valence-electron chi connectivity index (χ4n) is 4.46. The summed E-state index contributed by atoms with van der Waals surface area (Å²) in [5.74, 6) is 0. The first-order chi connectivity index (χ1) is 14.8. The van der Waals surface area contributed by atoms with Crippen molar-refractivity contribution in [3.05, 3.63) is 77.8 Å². The zero-order valence-electron chi connectivity index (χ0n) is 18.8. The highest BCUT2D eigenvalue weighted by molar-refractivity contribution is 6.87. The van der Waals surface area contributed by atoms with Gasteiger partial charge < -0.3 is 19.8 Å². The van der Waals surface area contributed by atoms with Gasteiger partial charge in [-0.05, 0) is 68.6 Å². The Morgan fingerprint density at radius 1 is 0.742 bits per heavy atom. The van der Waals surface area contributed by atoms with E-state index in [4.69, 9.17) is 9.31 Å². The van der Waals surface area contributed by atoms with Crippen LogP contribution in [0.1, 0.15) is 40.2 Å². The molecule has 0 radical (unpaired) electrons. The van der Waals surface area contributed by atoms with Crippen molar-refractivity contribution >= 4 is 41.7 Å². The van der Waals surface area contributed by atoms with Crippen molar-refractivity contribution in [1.82, 2.24) is 0 Å². The highest BCUT2D eigenvalue weighted by atomic mass is 16.7. The molecule has 156 valence electrons. The first-order valence-corrected chi connectivity index (χ1v) is 10.9. The molecule has 1 fully saturated rings. The third-order valence-electron chi connectivity index (χ3n) is 6.91. The van der Waals surface area contributed by atoms with Crippen LogP contribution in [0.4, 0.5) is 11.4 Å². The summed E-state index contributed by atoms with van der Waals surface area (Å²) < 4.78 is 12.8. The molecule has 0 bridgehead atoms. The number of allylic oxidation sites excluding steroid dienone is 1. The minimum Gasteiger partial charge on any atom is -0.405 e. The summed E-state index contributed by atoms with van der Waals surface area (Å²) in [6.45, 7) is 10.4. The predicted octanol–water partition coefficient (Wildman–Crippen LogP) is 5.81. The molecule has 5 rings (SSSR count). The minimum absolute atomic E-state index is 0.109. The van der Waals surface area contributed by atoms with Crippen LogP contribution in [0, 0.1) is 0 Å². The van der Waals surface area contributed by atoms with Gasteiger partial charge in [-0.1, -0.05) is 54.6 Å². The molecule has 0 unspecified atom stereocenters. The number of hydrogen-bond donors (Lipinski definition) is 2. The molecular formula is C25H28B2N2O2. The molecule has 3 aromatic carbocycles. The van der Waals surface area contributed by atoms with Crippen LogP contribution in [0.15, 0.2) is 72.2 Å². The van der Waals surface area contributed by atoms with E-state index in [9.17, 15) is 0 Å². The molecule has 0 aromatic heterocycles. The molecule has 0 saturated carbocycles. The maximum absolute atomic E-state index is 6.41. The maximum Gasteiger partial charge on any atom is 0.489 e. The molecule has 4 nitrogen and oxygen atoms in total. The Kier molecular flexibility index (Phi) is 4.68.